The van der Waals surface area contributed by atoms with Crippen LogP contribution in [0.15, 0.2) is 18.2 Å². The molecule has 2 fully saturated rings. The van der Waals surface area contributed by atoms with Crippen LogP contribution >= 0.6 is 0 Å². The van der Waals surface area contributed by atoms with E-state index in [1.807, 2.05) is 24.0 Å². The molecule has 0 N–H and O–H groups in total. The molecule has 0 radical (unpaired) electrons. The number of hydrogen-bond donors (Lipinski definition) is 0. The average molecular weight is 333 g/mol. The van der Waals surface area contributed by atoms with E-state index in [1.54, 1.807) is 0 Å². The third kappa shape index (κ3) is 4.28. The van der Waals surface area contributed by atoms with Gasteiger partial charge in [-0.15, -0.1) is 0 Å². The Bertz CT molecular complexity index is 568. The molecule has 0 aliphatic carbocycles. The number of nitrogens with zero attached hydrogens (tertiary/aromatic N) is 1. The monoisotopic (exact) mass is 333 g/mol. The summed E-state index contributed by atoms with van der Waals surface area (Å²) < 4.78 is 17.0. The van der Waals surface area contributed by atoms with E-state index in [1.165, 1.54) is 5.56 Å². The minimum atomic E-state index is -0.132. The van der Waals surface area contributed by atoms with Crippen LogP contribution in [-0.2, 0) is 14.3 Å². The highest BCUT2D eigenvalue weighted by molar-refractivity contribution is 5.76. The quantitative estimate of drug-likeness (QED) is 0.831. The lowest BCUT2D eigenvalue weighted by molar-refractivity contribution is -0.139. The third-order valence-corrected chi connectivity index (χ3v) is 4.75. The van der Waals surface area contributed by atoms with E-state index >= 15 is 0 Å². The summed E-state index contributed by atoms with van der Waals surface area (Å²) in [5.74, 6) is 1.31. The highest BCUT2D eigenvalue weighted by atomic mass is 16.7. The van der Waals surface area contributed by atoms with E-state index in [0.29, 0.717) is 32.2 Å². The van der Waals surface area contributed by atoms with Crippen molar-refractivity contribution in [1.82, 2.24) is 4.90 Å². The first-order valence-corrected chi connectivity index (χ1v) is 8.84. The molecule has 0 bridgehead atoms. The Kier molecular flexibility index (Phi) is 5.74. The highest BCUT2D eigenvalue weighted by Crippen LogP contribution is 2.25. The standard InChI is InChI=1S/C19H27NO4/c1-14-5-6-17(15(2)12-14)22-9-7-18(21)20-8-3-4-16(13-20)19-23-10-11-24-19/h5-6,12,16,19H,3-4,7-11,13H2,1-2H3. The predicted molar refractivity (Wildman–Crippen MR) is 91.0 cm³/mol. The minimum Gasteiger partial charge on any atom is -0.493 e. The Balaban J connectivity index is 1.45. The summed E-state index contributed by atoms with van der Waals surface area (Å²) >= 11 is 0. The van der Waals surface area contributed by atoms with Crippen LogP contribution in [0.5, 0.6) is 5.75 Å². The van der Waals surface area contributed by atoms with Crippen LogP contribution in [0.4, 0.5) is 0 Å². The van der Waals surface area contributed by atoms with Gasteiger partial charge in [0.15, 0.2) is 6.29 Å². The van der Waals surface area contributed by atoms with E-state index in [2.05, 4.69) is 13.0 Å². The van der Waals surface area contributed by atoms with E-state index in [9.17, 15) is 4.79 Å². The van der Waals surface area contributed by atoms with Crippen LogP contribution in [0.3, 0.4) is 0 Å². The number of carbonyl (C=O) groups is 1. The van der Waals surface area contributed by atoms with Crippen molar-refractivity contribution in [2.45, 2.75) is 39.4 Å². The summed E-state index contributed by atoms with van der Waals surface area (Å²) in [6, 6.07) is 6.09. The molecule has 1 atom stereocenters. The first kappa shape index (κ1) is 17.2. The van der Waals surface area contributed by atoms with Crippen molar-refractivity contribution in [1.29, 1.82) is 0 Å². The largest absolute Gasteiger partial charge is 0.493 e. The van der Waals surface area contributed by atoms with Crippen molar-refractivity contribution in [3.05, 3.63) is 29.3 Å². The summed E-state index contributed by atoms with van der Waals surface area (Å²) in [7, 11) is 0. The molecule has 3 rings (SSSR count). The lowest BCUT2D eigenvalue weighted by atomic mass is 9.97. The summed E-state index contributed by atoms with van der Waals surface area (Å²) in [5.41, 5.74) is 2.32. The molecule has 2 aliphatic rings. The van der Waals surface area contributed by atoms with Gasteiger partial charge in [0.25, 0.3) is 0 Å². The van der Waals surface area contributed by atoms with Crippen molar-refractivity contribution in [2.24, 2.45) is 5.92 Å². The number of carbonyl (C=O) groups excluding carboxylic acids is 1. The van der Waals surface area contributed by atoms with Gasteiger partial charge in [0, 0.05) is 19.0 Å². The number of rotatable bonds is 5. The average Bonchev–Trinajstić information content (AvgIpc) is 3.11. The first-order chi connectivity index (χ1) is 11.6. The Morgan fingerprint density at radius 1 is 1.29 bits per heavy atom. The molecule has 132 valence electrons. The fourth-order valence-electron chi connectivity index (χ4n) is 3.48. The third-order valence-electron chi connectivity index (χ3n) is 4.75. The summed E-state index contributed by atoms with van der Waals surface area (Å²) in [6.07, 6.45) is 2.35. The number of ether oxygens (including phenoxy) is 3. The van der Waals surface area contributed by atoms with Crippen molar-refractivity contribution < 1.29 is 19.0 Å². The van der Waals surface area contributed by atoms with Crippen LogP contribution in [0, 0.1) is 19.8 Å². The Morgan fingerprint density at radius 3 is 2.83 bits per heavy atom. The van der Waals surface area contributed by atoms with Crippen molar-refractivity contribution in [3.8, 4) is 5.75 Å². The van der Waals surface area contributed by atoms with Crippen molar-refractivity contribution in [3.63, 3.8) is 0 Å². The van der Waals surface area contributed by atoms with Crippen molar-refractivity contribution >= 4 is 5.91 Å². The maximum Gasteiger partial charge on any atom is 0.226 e. The van der Waals surface area contributed by atoms with E-state index in [-0.39, 0.29) is 12.2 Å². The van der Waals surface area contributed by atoms with Gasteiger partial charge in [-0.1, -0.05) is 17.7 Å². The van der Waals surface area contributed by atoms with E-state index in [4.69, 9.17) is 14.2 Å². The minimum absolute atomic E-state index is 0.132. The SMILES string of the molecule is Cc1ccc(OCCC(=O)N2CCCC(C3OCCO3)C2)c(C)c1. The van der Waals surface area contributed by atoms with Gasteiger partial charge in [0.2, 0.25) is 5.91 Å². The molecule has 0 aromatic heterocycles. The number of aryl methyl sites for hydroxylation is 2. The zero-order valence-electron chi connectivity index (χ0n) is 14.6. The molecular formula is C19H27NO4. The molecule has 1 unspecified atom stereocenters. The molecule has 0 spiro atoms. The van der Waals surface area contributed by atoms with Crippen LogP contribution in [0.2, 0.25) is 0 Å². The zero-order valence-corrected chi connectivity index (χ0v) is 14.6. The molecule has 24 heavy (non-hydrogen) atoms. The van der Waals surface area contributed by atoms with Gasteiger partial charge < -0.3 is 19.1 Å². The maximum absolute atomic E-state index is 12.5. The van der Waals surface area contributed by atoms with Crippen LogP contribution in [0.25, 0.3) is 0 Å². The second-order valence-corrected chi connectivity index (χ2v) is 6.72. The Morgan fingerprint density at radius 2 is 2.08 bits per heavy atom. The van der Waals surface area contributed by atoms with Gasteiger partial charge >= 0.3 is 0 Å². The number of piperidine rings is 1. The molecule has 0 saturated carbocycles. The molecule has 2 saturated heterocycles. The van der Waals surface area contributed by atoms with Crippen LogP contribution in [0.1, 0.15) is 30.4 Å². The Hall–Kier alpha value is -1.59. The molecular weight excluding hydrogens is 306 g/mol. The summed E-state index contributed by atoms with van der Waals surface area (Å²) in [6.45, 7) is 7.39. The lowest BCUT2D eigenvalue weighted by Gasteiger charge is -2.34. The second kappa shape index (κ2) is 7.99. The molecule has 2 heterocycles. The van der Waals surface area contributed by atoms with Crippen molar-refractivity contribution in [2.75, 3.05) is 32.9 Å². The smallest absolute Gasteiger partial charge is 0.226 e. The van der Waals surface area contributed by atoms with Gasteiger partial charge in [-0.3, -0.25) is 4.79 Å². The van der Waals surface area contributed by atoms with Gasteiger partial charge in [0.1, 0.15) is 5.75 Å². The first-order valence-electron chi connectivity index (χ1n) is 8.84. The van der Waals surface area contributed by atoms with Gasteiger partial charge in [-0.25, -0.2) is 0 Å². The fourth-order valence-corrected chi connectivity index (χ4v) is 3.48. The van der Waals surface area contributed by atoms with Crippen LogP contribution < -0.4 is 4.74 Å². The number of hydrogen-bond acceptors (Lipinski definition) is 4. The van der Waals surface area contributed by atoms with Gasteiger partial charge in [-0.2, -0.15) is 0 Å². The molecule has 1 aromatic carbocycles. The van der Waals surface area contributed by atoms with E-state index < -0.39 is 0 Å². The van der Waals surface area contributed by atoms with E-state index in [0.717, 1.165) is 37.2 Å². The number of amides is 1. The normalized spacial score (nSPS) is 21.9. The topological polar surface area (TPSA) is 48.0 Å². The lowest BCUT2D eigenvalue weighted by Crippen LogP contribution is -2.44. The summed E-state index contributed by atoms with van der Waals surface area (Å²) in [5, 5.41) is 0. The highest BCUT2D eigenvalue weighted by Gasteiger charge is 2.32. The van der Waals surface area contributed by atoms with Gasteiger partial charge in [-0.05, 0) is 38.3 Å². The summed E-state index contributed by atoms with van der Waals surface area (Å²) in [4.78, 5) is 14.4. The molecule has 5 nitrogen and oxygen atoms in total. The number of benzene rings is 1. The van der Waals surface area contributed by atoms with Crippen LogP contribution in [-0.4, -0.2) is 50.0 Å². The number of likely N-dealkylation sites (tertiary alicyclic amines) is 1. The zero-order chi connectivity index (χ0) is 16.9. The fraction of sp³-hybridized carbons (Fsp3) is 0.632. The van der Waals surface area contributed by atoms with Gasteiger partial charge in [0.05, 0.1) is 26.2 Å². The molecule has 1 aromatic rings. The Labute approximate surface area is 143 Å². The molecule has 2 aliphatic heterocycles. The molecule has 5 heteroatoms. The molecule has 1 amide bonds. The second-order valence-electron chi connectivity index (χ2n) is 6.72. The predicted octanol–water partition coefficient (Wildman–Crippen LogP) is 2.68. The maximum atomic E-state index is 12.5.